The largest absolute Gasteiger partial charge is 0.573 e. The predicted octanol–water partition coefficient (Wildman–Crippen LogP) is 5.84. The van der Waals surface area contributed by atoms with Gasteiger partial charge < -0.3 is 14.8 Å². The zero-order valence-corrected chi connectivity index (χ0v) is 20.7. The number of alkyl halides is 3. The molecule has 0 saturated heterocycles. The van der Waals surface area contributed by atoms with Crippen LogP contribution in [0.1, 0.15) is 48.5 Å². The van der Waals surface area contributed by atoms with E-state index in [0.717, 1.165) is 37.1 Å². The molecule has 3 aromatic rings. The van der Waals surface area contributed by atoms with Crippen LogP contribution in [0, 0.1) is 11.2 Å². The molecule has 0 radical (unpaired) electrons. The molecule has 0 atom stereocenters. The van der Waals surface area contributed by atoms with Crippen LogP contribution in [0.2, 0.25) is 0 Å². The van der Waals surface area contributed by atoms with Gasteiger partial charge in [-0.1, -0.05) is 19.1 Å². The summed E-state index contributed by atoms with van der Waals surface area (Å²) >= 11 is 0. The summed E-state index contributed by atoms with van der Waals surface area (Å²) in [6.45, 7) is 2.96. The van der Waals surface area contributed by atoms with E-state index in [1.165, 1.54) is 13.2 Å². The molecule has 5 rings (SSSR count). The van der Waals surface area contributed by atoms with Gasteiger partial charge >= 0.3 is 12.3 Å². The smallest absolute Gasteiger partial charge is 0.465 e. The number of methoxy groups -OCH3 is 1. The fraction of sp³-hybridized carbons (Fsp3) is 0.370. The van der Waals surface area contributed by atoms with E-state index in [2.05, 4.69) is 22.1 Å². The van der Waals surface area contributed by atoms with Gasteiger partial charge in [0.2, 0.25) is 5.91 Å². The lowest BCUT2D eigenvalue weighted by atomic mass is 9.94. The number of hydrogen-bond acceptors (Lipinski definition) is 5. The fourth-order valence-corrected chi connectivity index (χ4v) is 4.58. The SMILES string of the molecule is COC(=O)c1cc(NC(=O)C2(c3ccc(OC(F)(F)F)cc3F)CC2)ccc1-c1cnn(CC2(C)CC2)c1. The van der Waals surface area contributed by atoms with Crippen molar-refractivity contribution < 1.29 is 36.6 Å². The molecule has 0 unspecified atom stereocenters. The van der Waals surface area contributed by atoms with Crippen molar-refractivity contribution in [1.29, 1.82) is 0 Å². The minimum absolute atomic E-state index is 0.0221. The van der Waals surface area contributed by atoms with E-state index in [1.807, 2.05) is 10.9 Å². The summed E-state index contributed by atoms with van der Waals surface area (Å²) < 4.78 is 62.7. The van der Waals surface area contributed by atoms with Gasteiger partial charge in [0.15, 0.2) is 0 Å². The van der Waals surface area contributed by atoms with Crippen molar-refractivity contribution in [2.24, 2.45) is 5.41 Å². The van der Waals surface area contributed by atoms with Crippen molar-refractivity contribution in [2.75, 3.05) is 12.4 Å². The number of hydrogen-bond donors (Lipinski definition) is 1. The molecule has 1 heterocycles. The van der Waals surface area contributed by atoms with E-state index in [9.17, 15) is 27.2 Å². The van der Waals surface area contributed by atoms with Gasteiger partial charge in [0, 0.05) is 35.6 Å². The van der Waals surface area contributed by atoms with E-state index in [4.69, 9.17) is 4.74 Å². The monoisotopic (exact) mass is 531 g/mol. The number of benzene rings is 2. The van der Waals surface area contributed by atoms with Gasteiger partial charge in [-0.15, -0.1) is 13.2 Å². The molecule has 2 aliphatic carbocycles. The molecule has 11 heteroatoms. The number of rotatable bonds is 8. The van der Waals surface area contributed by atoms with Gasteiger partial charge in [-0.3, -0.25) is 9.48 Å². The number of anilines is 1. The van der Waals surface area contributed by atoms with Crippen LogP contribution in [0.4, 0.5) is 23.2 Å². The first-order valence-electron chi connectivity index (χ1n) is 12.0. The summed E-state index contributed by atoms with van der Waals surface area (Å²) in [5.74, 6) is -2.81. The maximum Gasteiger partial charge on any atom is 0.573 e. The van der Waals surface area contributed by atoms with E-state index < -0.39 is 35.2 Å². The van der Waals surface area contributed by atoms with Gasteiger partial charge in [-0.05, 0) is 54.9 Å². The molecule has 7 nitrogen and oxygen atoms in total. The fourth-order valence-electron chi connectivity index (χ4n) is 4.58. The van der Waals surface area contributed by atoms with E-state index in [0.29, 0.717) is 30.2 Å². The average molecular weight is 532 g/mol. The number of carbonyl (C=O) groups excluding carboxylic acids is 2. The molecular formula is C27H25F4N3O4. The highest BCUT2D eigenvalue weighted by Crippen LogP contribution is 2.50. The Labute approximate surface area is 215 Å². The number of amides is 1. The molecule has 2 aromatic carbocycles. The Morgan fingerprint density at radius 3 is 2.45 bits per heavy atom. The zero-order chi connectivity index (χ0) is 27.3. The van der Waals surface area contributed by atoms with E-state index in [1.54, 1.807) is 18.3 Å². The highest BCUT2D eigenvalue weighted by atomic mass is 19.4. The molecule has 0 spiro atoms. The van der Waals surface area contributed by atoms with Gasteiger partial charge in [-0.2, -0.15) is 5.10 Å². The van der Waals surface area contributed by atoms with Crippen molar-refractivity contribution in [3.63, 3.8) is 0 Å². The Bertz CT molecular complexity index is 1410. The molecule has 0 aliphatic heterocycles. The Hall–Kier alpha value is -3.89. The minimum Gasteiger partial charge on any atom is -0.465 e. The molecule has 2 fully saturated rings. The first kappa shape index (κ1) is 25.7. The van der Waals surface area contributed by atoms with Crippen LogP contribution < -0.4 is 10.1 Å². The van der Waals surface area contributed by atoms with Gasteiger partial charge in [0.25, 0.3) is 0 Å². The second kappa shape index (κ2) is 9.14. The van der Waals surface area contributed by atoms with Gasteiger partial charge in [0.1, 0.15) is 11.6 Å². The number of carbonyl (C=O) groups is 2. The number of halogens is 4. The van der Waals surface area contributed by atoms with Crippen LogP contribution in [0.25, 0.3) is 11.1 Å². The average Bonchev–Trinajstić information content (AvgIpc) is 3.75. The number of nitrogens with one attached hydrogen (secondary N) is 1. The molecule has 2 aliphatic rings. The molecular weight excluding hydrogens is 506 g/mol. The summed E-state index contributed by atoms with van der Waals surface area (Å²) in [7, 11) is 1.25. The van der Waals surface area contributed by atoms with Crippen LogP contribution >= 0.6 is 0 Å². The quantitative estimate of drug-likeness (QED) is 0.292. The van der Waals surface area contributed by atoms with Crippen molar-refractivity contribution in [3.05, 3.63) is 65.7 Å². The summed E-state index contributed by atoms with van der Waals surface area (Å²) in [6.07, 6.45) is 1.48. The lowest BCUT2D eigenvalue weighted by Crippen LogP contribution is -2.29. The maximum absolute atomic E-state index is 14.7. The molecule has 38 heavy (non-hydrogen) atoms. The lowest BCUT2D eigenvalue weighted by molar-refractivity contribution is -0.274. The Balaban J connectivity index is 1.37. The molecule has 1 N–H and O–H groups in total. The highest BCUT2D eigenvalue weighted by molar-refractivity contribution is 6.04. The zero-order valence-electron chi connectivity index (χ0n) is 20.7. The molecule has 1 aromatic heterocycles. The molecule has 0 bridgehead atoms. The van der Waals surface area contributed by atoms with Crippen LogP contribution in [0.5, 0.6) is 5.75 Å². The summed E-state index contributed by atoms with van der Waals surface area (Å²) in [5, 5.41) is 7.13. The van der Waals surface area contributed by atoms with Gasteiger partial charge in [-0.25, -0.2) is 9.18 Å². The summed E-state index contributed by atoms with van der Waals surface area (Å²) in [4.78, 5) is 25.8. The second-order valence-electron chi connectivity index (χ2n) is 10.2. The maximum atomic E-state index is 14.7. The number of ether oxygens (including phenoxy) is 2. The predicted molar refractivity (Wildman–Crippen MR) is 129 cm³/mol. The van der Waals surface area contributed by atoms with Crippen LogP contribution in [-0.4, -0.2) is 35.1 Å². The number of nitrogens with zero attached hydrogens (tertiary/aromatic N) is 2. The Morgan fingerprint density at radius 2 is 1.84 bits per heavy atom. The highest BCUT2D eigenvalue weighted by Gasteiger charge is 2.53. The number of aromatic nitrogens is 2. The van der Waals surface area contributed by atoms with Crippen LogP contribution in [0.3, 0.4) is 0 Å². The molecule has 2 saturated carbocycles. The van der Waals surface area contributed by atoms with Crippen molar-refractivity contribution >= 4 is 17.6 Å². The summed E-state index contributed by atoms with van der Waals surface area (Å²) in [5.41, 5.74) is 0.792. The van der Waals surface area contributed by atoms with Crippen molar-refractivity contribution in [3.8, 4) is 16.9 Å². The van der Waals surface area contributed by atoms with Crippen molar-refractivity contribution in [2.45, 2.75) is 50.9 Å². The molecule has 1 amide bonds. The van der Waals surface area contributed by atoms with E-state index >= 15 is 0 Å². The number of esters is 1. The van der Waals surface area contributed by atoms with Crippen molar-refractivity contribution in [1.82, 2.24) is 9.78 Å². The van der Waals surface area contributed by atoms with Crippen LogP contribution in [0.15, 0.2) is 48.8 Å². The normalized spacial score (nSPS) is 17.0. The third-order valence-corrected chi connectivity index (χ3v) is 7.15. The first-order valence-corrected chi connectivity index (χ1v) is 12.0. The topological polar surface area (TPSA) is 82.4 Å². The molecule has 200 valence electrons. The van der Waals surface area contributed by atoms with Crippen LogP contribution in [-0.2, 0) is 21.5 Å². The Morgan fingerprint density at radius 1 is 1.11 bits per heavy atom. The lowest BCUT2D eigenvalue weighted by Gasteiger charge is -2.18. The first-order chi connectivity index (χ1) is 17.9. The third kappa shape index (κ3) is 5.23. The third-order valence-electron chi connectivity index (χ3n) is 7.15. The Kier molecular flexibility index (Phi) is 6.19. The summed E-state index contributed by atoms with van der Waals surface area (Å²) in [6, 6.07) is 7.49. The standard InChI is InChI=1S/C27H25F4N3O4/c1-25(7-8-25)15-34-14-16(13-32-34)19-5-3-17(11-20(19)23(35)37-2)33-24(36)26(9-10-26)21-6-4-18(12-22(21)28)38-27(29,30)31/h3-6,11-14H,7-10,15H2,1-2H3,(H,33,36). The minimum atomic E-state index is -4.96. The van der Waals surface area contributed by atoms with E-state index in [-0.39, 0.29) is 16.5 Å². The second-order valence-corrected chi connectivity index (χ2v) is 10.2. The van der Waals surface area contributed by atoms with Gasteiger partial charge in [0.05, 0.1) is 24.3 Å².